The fourth-order valence-corrected chi connectivity index (χ4v) is 3.86. The maximum absolute atomic E-state index is 12.8. The summed E-state index contributed by atoms with van der Waals surface area (Å²) in [6, 6.07) is 0.305. The quantitative estimate of drug-likeness (QED) is 0.734. The Morgan fingerprint density at radius 1 is 1.07 bits per heavy atom. The molecule has 1 aliphatic carbocycles. The number of nitrogens with zero attached hydrogens (tertiary/aromatic N) is 3. The van der Waals surface area contributed by atoms with Gasteiger partial charge in [0.05, 0.1) is 5.69 Å². The minimum atomic E-state index is -0.876. The number of ether oxygens (including phenoxy) is 2. The van der Waals surface area contributed by atoms with Crippen LogP contribution in [0.3, 0.4) is 0 Å². The zero-order valence-corrected chi connectivity index (χ0v) is 18.0. The van der Waals surface area contributed by atoms with Crippen LogP contribution in [-0.4, -0.2) is 51.8 Å². The summed E-state index contributed by atoms with van der Waals surface area (Å²) in [4.78, 5) is 45.8. The highest BCUT2D eigenvalue weighted by Crippen LogP contribution is 2.36. The molecule has 0 atom stereocenters. The van der Waals surface area contributed by atoms with Crippen LogP contribution in [0.5, 0.6) is 0 Å². The first-order valence-corrected chi connectivity index (χ1v) is 10.2. The van der Waals surface area contributed by atoms with E-state index in [0.29, 0.717) is 29.6 Å². The molecule has 1 saturated carbocycles. The number of fused-ring (bicyclic) bond motifs is 1. The second-order valence-electron chi connectivity index (χ2n) is 9.05. The highest BCUT2D eigenvalue weighted by molar-refractivity contribution is 7.18. The molecule has 3 amide bonds. The van der Waals surface area contributed by atoms with Crippen LogP contribution in [0.25, 0.3) is 0 Å². The van der Waals surface area contributed by atoms with Gasteiger partial charge in [-0.1, -0.05) is 11.3 Å². The number of amides is 3. The van der Waals surface area contributed by atoms with Crippen molar-refractivity contribution in [3.8, 4) is 0 Å². The van der Waals surface area contributed by atoms with Crippen molar-refractivity contribution in [2.75, 3.05) is 11.4 Å². The third kappa shape index (κ3) is 4.63. The van der Waals surface area contributed by atoms with Gasteiger partial charge in [-0.25, -0.2) is 14.6 Å². The molecule has 9 heteroatoms. The smallest absolute Gasteiger partial charge is 0.426 e. The Morgan fingerprint density at radius 3 is 2.07 bits per heavy atom. The predicted octanol–water partition coefficient (Wildman–Crippen LogP) is 3.98. The summed E-state index contributed by atoms with van der Waals surface area (Å²) in [5.74, 6) is -0.0826. The van der Waals surface area contributed by atoms with Crippen molar-refractivity contribution in [3.63, 3.8) is 0 Å². The zero-order chi connectivity index (χ0) is 20.9. The summed E-state index contributed by atoms with van der Waals surface area (Å²) in [7, 11) is 0. The lowest BCUT2D eigenvalue weighted by Crippen LogP contribution is -2.43. The molecule has 154 valence electrons. The van der Waals surface area contributed by atoms with Gasteiger partial charge in [0.15, 0.2) is 0 Å². The maximum Gasteiger partial charge on any atom is 0.426 e. The monoisotopic (exact) mass is 409 g/mol. The van der Waals surface area contributed by atoms with Gasteiger partial charge in [-0.15, -0.1) is 0 Å². The molecule has 8 nitrogen and oxygen atoms in total. The van der Waals surface area contributed by atoms with E-state index in [-0.39, 0.29) is 11.0 Å². The van der Waals surface area contributed by atoms with Crippen molar-refractivity contribution in [2.45, 2.75) is 78.0 Å². The second kappa shape index (κ2) is 7.02. The van der Waals surface area contributed by atoms with Crippen LogP contribution in [0, 0.1) is 0 Å². The number of thiazole rings is 1. The molecule has 0 spiro atoms. The zero-order valence-electron chi connectivity index (χ0n) is 17.2. The van der Waals surface area contributed by atoms with Gasteiger partial charge in [-0.2, -0.15) is 4.90 Å². The van der Waals surface area contributed by atoms with Gasteiger partial charge in [0.25, 0.3) is 5.91 Å². The SMILES string of the molecule is CC(C)(C)OC(=O)N(C(=O)OC(C)(C)C)c1nc2c(s1)C(=O)N(C1CC1)CC2. The number of hydrogen-bond acceptors (Lipinski definition) is 7. The third-order valence-electron chi connectivity index (χ3n) is 4.06. The lowest BCUT2D eigenvalue weighted by Gasteiger charge is -2.27. The minimum Gasteiger partial charge on any atom is -0.443 e. The molecule has 2 heterocycles. The van der Waals surface area contributed by atoms with E-state index in [1.807, 2.05) is 4.90 Å². The van der Waals surface area contributed by atoms with Crippen LogP contribution in [0.2, 0.25) is 0 Å². The largest absolute Gasteiger partial charge is 0.443 e. The van der Waals surface area contributed by atoms with Crippen LogP contribution in [-0.2, 0) is 15.9 Å². The van der Waals surface area contributed by atoms with E-state index < -0.39 is 23.4 Å². The lowest BCUT2D eigenvalue weighted by atomic mass is 10.1. The highest BCUT2D eigenvalue weighted by Gasteiger charge is 2.40. The standard InChI is InChI=1S/C19H27N3O5S/c1-18(2,3)26-16(24)22(17(25)27-19(4,5)6)15-20-12-9-10-21(11-7-8-11)14(23)13(12)28-15/h11H,7-10H2,1-6H3. The fourth-order valence-electron chi connectivity index (χ4n) is 2.81. The molecule has 3 rings (SSSR count). The number of anilines is 1. The van der Waals surface area contributed by atoms with Crippen LogP contribution in [0.1, 0.15) is 69.7 Å². The predicted molar refractivity (Wildman–Crippen MR) is 105 cm³/mol. The molecule has 0 unspecified atom stereocenters. The van der Waals surface area contributed by atoms with Crippen LogP contribution in [0.4, 0.5) is 14.7 Å². The molecule has 0 saturated heterocycles. The summed E-state index contributed by atoms with van der Waals surface area (Å²) >= 11 is 1.03. The second-order valence-corrected chi connectivity index (χ2v) is 10.0. The number of aromatic nitrogens is 1. The molecule has 1 aromatic heterocycles. The van der Waals surface area contributed by atoms with Crippen molar-refractivity contribution < 1.29 is 23.9 Å². The molecule has 0 radical (unpaired) electrons. The average Bonchev–Trinajstić information content (AvgIpc) is 3.24. The van der Waals surface area contributed by atoms with Gasteiger partial charge in [0.1, 0.15) is 16.1 Å². The highest BCUT2D eigenvalue weighted by atomic mass is 32.1. The first kappa shape index (κ1) is 20.6. The summed E-state index contributed by atoms with van der Waals surface area (Å²) in [5, 5.41) is 0.0968. The van der Waals surface area contributed by atoms with Crippen molar-refractivity contribution >= 4 is 34.6 Å². The van der Waals surface area contributed by atoms with E-state index in [2.05, 4.69) is 4.98 Å². The van der Waals surface area contributed by atoms with Gasteiger partial charge in [-0.05, 0) is 54.4 Å². The van der Waals surface area contributed by atoms with Crippen molar-refractivity contribution in [2.24, 2.45) is 0 Å². The van der Waals surface area contributed by atoms with Gasteiger partial charge >= 0.3 is 12.2 Å². The Balaban J connectivity index is 1.92. The van der Waals surface area contributed by atoms with Crippen molar-refractivity contribution in [1.29, 1.82) is 0 Å². The third-order valence-corrected chi connectivity index (χ3v) is 5.13. The summed E-state index contributed by atoms with van der Waals surface area (Å²) in [6.07, 6.45) is 0.896. The van der Waals surface area contributed by atoms with Gasteiger partial charge < -0.3 is 14.4 Å². The van der Waals surface area contributed by atoms with Gasteiger partial charge in [-0.3, -0.25) is 4.79 Å². The van der Waals surface area contributed by atoms with E-state index in [1.54, 1.807) is 41.5 Å². The Bertz CT molecular complexity index is 773. The number of imide groups is 1. The summed E-state index contributed by atoms with van der Waals surface area (Å²) in [6.45, 7) is 10.9. The van der Waals surface area contributed by atoms with Crippen molar-refractivity contribution in [3.05, 3.63) is 10.6 Å². The topological polar surface area (TPSA) is 89.0 Å². The molecule has 28 heavy (non-hydrogen) atoms. The molecular formula is C19H27N3O5S. The first-order valence-electron chi connectivity index (χ1n) is 9.42. The number of hydrogen-bond donors (Lipinski definition) is 0. The Morgan fingerprint density at radius 2 is 1.61 bits per heavy atom. The Kier molecular flexibility index (Phi) is 5.16. The summed E-state index contributed by atoms with van der Waals surface area (Å²) < 4.78 is 10.8. The number of carbonyl (C=O) groups excluding carboxylic acids is 3. The van der Waals surface area contributed by atoms with Gasteiger partial charge in [0.2, 0.25) is 5.13 Å². The molecule has 1 aromatic rings. The van der Waals surface area contributed by atoms with E-state index in [9.17, 15) is 14.4 Å². The van der Waals surface area contributed by atoms with Crippen LogP contribution < -0.4 is 4.90 Å². The normalized spacial score (nSPS) is 17.2. The molecule has 2 aliphatic rings. The van der Waals surface area contributed by atoms with E-state index in [1.165, 1.54) is 0 Å². The van der Waals surface area contributed by atoms with E-state index in [4.69, 9.17) is 9.47 Å². The van der Waals surface area contributed by atoms with Crippen LogP contribution >= 0.6 is 11.3 Å². The van der Waals surface area contributed by atoms with Crippen LogP contribution in [0.15, 0.2) is 0 Å². The van der Waals surface area contributed by atoms with Crippen molar-refractivity contribution in [1.82, 2.24) is 9.88 Å². The molecule has 0 aromatic carbocycles. The van der Waals surface area contributed by atoms with E-state index in [0.717, 1.165) is 29.1 Å². The number of carbonyl (C=O) groups is 3. The molecule has 1 aliphatic heterocycles. The van der Waals surface area contributed by atoms with E-state index >= 15 is 0 Å². The Labute approximate surface area is 168 Å². The molecule has 0 N–H and O–H groups in total. The summed E-state index contributed by atoms with van der Waals surface area (Å²) in [5.41, 5.74) is -0.987. The molecule has 0 bridgehead atoms. The Hall–Kier alpha value is -2.16. The molecular weight excluding hydrogens is 382 g/mol. The average molecular weight is 410 g/mol. The fraction of sp³-hybridized carbons (Fsp3) is 0.684. The minimum absolute atomic E-state index is 0.0826. The number of rotatable bonds is 2. The lowest BCUT2D eigenvalue weighted by molar-refractivity contribution is 0.0430. The van der Waals surface area contributed by atoms with Gasteiger partial charge in [0, 0.05) is 19.0 Å². The first-order chi connectivity index (χ1) is 12.9. The molecule has 1 fully saturated rings. The maximum atomic E-state index is 12.8.